The Morgan fingerprint density at radius 3 is 2.39 bits per heavy atom. The van der Waals surface area contributed by atoms with Crippen molar-refractivity contribution in [2.24, 2.45) is 5.41 Å². The van der Waals surface area contributed by atoms with Gasteiger partial charge in [-0.25, -0.2) is 0 Å². The summed E-state index contributed by atoms with van der Waals surface area (Å²) in [6, 6.07) is 0. The zero-order chi connectivity index (χ0) is 17.9. The Morgan fingerprint density at radius 2 is 1.83 bits per heavy atom. The van der Waals surface area contributed by atoms with Crippen LogP contribution in [0.3, 0.4) is 0 Å². The molecule has 1 aliphatic carbocycles. The van der Waals surface area contributed by atoms with Crippen molar-refractivity contribution in [2.45, 2.75) is 80.6 Å². The Bertz CT molecular complexity index is 484. The lowest BCUT2D eigenvalue weighted by atomic mass is 9.71. The van der Waals surface area contributed by atoms with Crippen LogP contribution in [0, 0.1) is 5.41 Å². The van der Waals surface area contributed by atoms with Gasteiger partial charge >= 0.3 is 0 Å². The molecular formula is C22H36O. The van der Waals surface area contributed by atoms with Crippen LogP contribution in [0.5, 0.6) is 0 Å². The Labute approximate surface area is 144 Å². The summed E-state index contributed by atoms with van der Waals surface area (Å²) < 4.78 is 0. The molecule has 0 fully saturated rings. The molecule has 0 aromatic carbocycles. The molecule has 0 heterocycles. The van der Waals surface area contributed by atoms with Gasteiger partial charge in [-0.3, -0.25) is 4.79 Å². The largest absolute Gasteiger partial charge is 0.299 e. The maximum Gasteiger partial charge on any atom is 0.143 e. The molecule has 1 nitrogen and oxygen atoms in total. The average Bonchev–Trinajstić information content (AvgIpc) is 2.48. The van der Waals surface area contributed by atoms with E-state index in [9.17, 15) is 4.79 Å². The van der Waals surface area contributed by atoms with E-state index < -0.39 is 0 Å². The Kier molecular flexibility index (Phi) is 10.5. The van der Waals surface area contributed by atoms with Crippen molar-refractivity contribution < 1.29 is 4.79 Å². The molecule has 0 aromatic heterocycles. The van der Waals surface area contributed by atoms with Crippen LogP contribution < -0.4 is 0 Å². The van der Waals surface area contributed by atoms with Crippen LogP contribution in [-0.4, -0.2) is 6.29 Å². The van der Waals surface area contributed by atoms with E-state index in [0.29, 0.717) is 5.41 Å². The van der Waals surface area contributed by atoms with Gasteiger partial charge in [-0.2, -0.15) is 0 Å². The minimum absolute atomic E-state index is 0.377. The first-order chi connectivity index (χ1) is 10.9. The molecule has 1 aliphatic rings. The highest BCUT2D eigenvalue weighted by atomic mass is 16.1. The number of rotatable bonds is 6. The van der Waals surface area contributed by atoms with Crippen molar-refractivity contribution in [3.05, 3.63) is 46.6 Å². The highest BCUT2D eigenvalue weighted by Gasteiger charge is 2.27. The summed E-state index contributed by atoms with van der Waals surface area (Å²) in [4.78, 5) is 10.4. The summed E-state index contributed by atoms with van der Waals surface area (Å²) in [5, 5.41) is 0. The van der Waals surface area contributed by atoms with E-state index in [-0.39, 0.29) is 0 Å². The quantitative estimate of drug-likeness (QED) is 0.224. The Morgan fingerprint density at radius 1 is 1.17 bits per heavy atom. The number of carbonyl (C=O) groups excluding carboxylic acids is 1. The zero-order valence-corrected chi connectivity index (χ0v) is 16.3. The van der Waals surface area contributed by atoms with Crippen LogP contribution >= 0.6 is 0 Å². The Balaban J connectivity index is 0.00000232. The monoisotopic (exact) mass is 316 g/mol. The predicted molar refractivity (Wildman–Crippen MR) is 104 cm³/mol. The Hall–Kier alpha value is -1.37. The molecular weight excluding hydrogens is 280 g/mol. The fourth-order valence-corrected chi connectivity index (χ4v) is 3.16. The van der Waals surface area contributed by atoms with Gasteiger partial charge in [-0.15, -0.1) is 0 Å². The fraction of sp³-hybridized carbons (Fsp3) is 0.591. The van der Waals surface area contributed by atoms with E-state index in [0.717, 1.165) is 18.3 Å². The third-order valence-electron chi connectivity index (χ3n) is 4.53. The molecule has 1 heteroatoms. The number of hydrogen-bond acceptors (Lipinski definition) is 1. The number of aldehydes is 1. The zero-order valence-electron chi connectivity index (χ0n) is 16.3. The second-order valence-electron chi connectivity index (χ2n) is 6.92. The highest BCUT2D eigenvalue weighted by Crippen LogP contribution is 2.42. The molecule has 1 rings (SSSR count). The first kappa shape index (κ1) is 21.6. The van der Waals surface area contributed by atoms with Crippen LogP contribution in [0.2, 0.25) is 0 Å². The molecule has 0 atom stereocenters. The van der Waals surface area contributed by atoms with Crippen molar-refractivity contribution in [3.8, 4) is 0 Å². The molecule has 0 unspecified atom stereocenters. The number of carbonyl (C=O) groups is 1. The summed E-state index contributed by atoms with van der Waals surface area (Å²) in [6.07, 6.45) is 14.8. The number of hydrogen-bond donors (Lipinski definition) is 0. The van der Waals surface area contributed by atoms with Gasteiger partial charge in [0.15, 0.2) is 0 Å². The van der Waals surface area contributed by atoms with Crippen LogP contribution in [0.1, 0.15) is 80.6 Å². The molecule has 0 amide bonds. The van der Waals surface area contributed by atoms with Crippen LogP contribution in [0.4, 0.5) is 0 Å². The molecule has 0 aromatic rings. The second kappa shape index (κ2) is 11.2. The van der Waals surface area contributed by atoms with E-state index in [1.165, 1.54) is 31.3 Å². The molecule has 130 valence electrons. The predicted octanol–water partition coefficient (Wildman–Crippen LogP) is 6.97. The van der Waals surface area contributed by atoms with Crippen LogP contribution in [-0.2, 0) is 4.79 Å². The minimum atomic E-state index is 0.377. The SMILES string of the molecule is CC.CC1=C(CC/C(C)=C/C=C/C(C)=C/C=O)C(C)(C)CCC1. The lowest BCUT2D eigenvalue weighted by Crippen LogP contribution is -2.20. The van der Waals surface area contributed by atoms with E-state index in [1.54, 1.807) is 17.2 Å². The normalized spacial score (nSPS) is 18.7. The summed E-state index contributed by atoms with van der Waals surface area (Å²) in [5.41, 5.74) is 6.04. The van der Waals surface area contributed by atoms with Gasteiger partial charge in [-0.05, 0) is 69.9 Å². The van der Waals surface area contributed by atoms with E-state index in [1.807, 2.05) is 32.9 Å². The van der Waals surface area contributed by atoms with Crippen molar-refractivity contribution in [3.63, 3.8) is 0 Å². The summed E-state index contributed by atoms with van der Waals surface area (Å²) in [5.74, 6) is 0. The van der Waals surface area contributed by atoms with E-state index in [4.69, 9.17) is 0 Å². The molecule has 0 saturated heterocycles. The maximum absolute atomic E-state index is 10.4. The van der Waals surface area contributed by atoms with E-state index in [2.05, 4.69) is 33.8 Å². The van der Waals surface area contributed by atoms with Gasteiger partial charge < -0.3 is 0 Å². The van der Waals surface area contributed by atoms with E-state index >= 15 is 0 Å². The first-order valence-corrected chi connectivity index (χ1v) is 9.02. The molecule has 23 heavy (non-hydrogen) atoms. The van der Waals surface area contributed by atoms with Crippen molar-refractivity contribution in [2.75, 3.05) is 0 Å². The van der Waals surface area contributed by atoms with Gasteiger partial charge in [0.1, 0.15) is 6.29 Å². The minimum Gasteiger partial charge on any atom is -0.299 e. The molecule has 0 aliphatic heterocycles. The van der Waals surface area contributed by atoms with Crippen LogP contribution in [0.15, 0.2) is 46.6 Å². The smallest absolute Gasteiger partial charge is 0.143 e. The van der Waals surface area contributed by atoms with Crippen molar-refractivity contribution in [1.29, 1.82) is 0 Å². The van der Waals surface area contributed by atoms with Crippen LogP contribution in [0.25, 0.3) is 0 Å². The van der Waals surface area contributed by atoms with Crippen molar-refractivity contribution in [1.82, 2.24) is 0 Å². The molecule has 0 saturated carbocycles. The summed E-state index contributed by atoms with van der Waals surface area (Å²) in [7, 11) is 0. The standard InChI is InChI=1S/C20H30O.C2H6/c1-16(8-6-9-17(2)13-15-21)11-12-19-18(3)10-7-14-20(19,4)5;1-2/h6,8-9,13,15H,7,10-12,14H2,1-5H3;1-2H3/b9-6+,16-8+,17-13+;. The second-order valence-corrected chi connectivity index (χ2v) is 6.92. The first-order valence-electron chi connectivity index (χ1n) is 9.02. The average molecular weight is 317 g/mol. The topological polar surface area (TPSA) is 17.1 Å². The molecule has 0 N–H and O–H groups in total. The summed E-state index contributed by atoms with van der Waals surface area (Å²) >= 11 is 0. The number of allylic oxidation sites excluding steroid dienone is 8. The highest BCUT2D eigenvalue weighted by molar-refractivity contribution is 5.66. The fourth-order valence-electron chi connectivity index (χ4n) is 3.16. The third kappa shape index (κ3) is 8.16. The van der Waals surface area contributed by atoms with Gasteiger partial charge in [0.05, 0.1) is 0 Å². The lowest BCUT2D eigenvalue weighted by molar-refractivity contribution is -0.104. The van der Waals surface area contributed by atoms with Gasteiger partial charge in [-0.1, -0.05) is 62.6 Å². The molecule has 0 bridgehead atoms. The van der Waals surface area contributed by atoms with Gasteiger partial charge in [0.25, 0.3) is 0 Å². The third-order valence-corrected chi connectivity index (χ3v) is 4.53. The lowest BCUT2D eigenvalue weighted by Gasteiger charge is -2.34. The summed E-state index contributed by atoms with van der Waals surface area (Å²) in [6.45, 7) is 15.2. The maximum atomic E-state index is 10.4. The van der Waals surface area contributed by atoms with Gasteiger partial charge in [0, 0.05) is 0 Å². The molecule has 0 radical (unpaired) electrons. The molecule has 0 spiro atoms. The van der Waals surface area contributed by atoms with Crippen molar-refractivity contribution >= 4 is 6.29 Å². The van der Waals surface area contributed by atoms with Gasteiger partial charge in [0.2, 0.25) is 0 Å².